The van der Waals surface area contributed by atoms with Crippen LogP contribution in [0.5, 0.6) is 0 Å². The van der Waals surface area contributed by atoms with E-state index in [1.54, 1.807) is 19.9 Å². The molecule has 8 heteroatoms. The summed E-state index contributed by atoms with van der Waals surface area (Å²) in [5.74, 6) is -1.43. The van der Waals surface area contributed by atoms with Gasteiger partial charge in [0.2, 0.25) is 0 Å². The molecule has 2 rings (SSSR count). The van der Waals surface area contributed by atoms with E-state index in [-0.39, 0.29) is 30.8 Å². The van der Waals surface area contributed by atoms with Crippen molar-refractivity contribution in [2.24, 2.45) is 0 Å². The van der Waals surface area contributed by atoms with E-state index >= 15 is 0 Å². The van der Waals surface area contributed by atoms with Gasteiger partial charge in [-0.15, -0.1) is 0 Å². The summed E-state index contributed by atoms with van der Waals surface area (Å²) >= 11 is 0. The minimum absolute atomic E-state index is 0.123. The summed E-state index contributed by atoms with van der Waals surface area (Å²) < 4.78 is 5.25. The Morgan fingerprint density at radius 1 is 1.39 bits per heavy atom. The molecule has 1 unspecified atom stereocenters. The third kappa shape index (κ3) is 3.65. The van der Waals surface area contributed by atoms with Crippen LogP contribution in [0.1, 0.15) is 27.9 Å². The van der Waals surface area contributed by atoms with Crippen LogP contribution in [-0.4, -0.2) is 52.6 Å². The molecule has 1 amide bonds. The lowest BCUT2D eigenvalue weighted by molar-refractivity contribution is -0.385. The van der Waals surface area contributed by atoms with E-state index in [0.717, 1.165) is 0 Å². The Bertz CT molecular complexity index is 658. The van der Waals surface area contributed by atoms with Crippen molar-refractivity contribution in [3.05, 3.63) is 38.9 Å². The van der Waals surface area contributed by atoms with Gasteiger partial charge in [0, 0.05) is 23.7 Å². The second-order valence-electron chi connectivity index (χ2n) is 5.54. The van der Waals surface area contributed by atoms with Crippen LogP contribution in [-0.2, 0) is 9.53 Å². The van der Waals surface area contributed by atoms with Crippen molar-refractivity contribution in [2.45, 2.75) is 26.3 Å². The first-order chi connectivity index (χ1) is 10.8. The third-order valence-corrected chi connectivity index (χ3v) is 3.87. The third-order valence-electron chi connectivity index (χ3n) is 3.87. The molecule has 1 aliphatic rings. The SMILES string of the molecule is Cc1cc(C)c([N+](=O)[O-])cc1C(=O)N1CCOCC1CC(=O)O. The topological polar surface area (TPSA) is 110 Å². The molecule has 1 saturated heterocycles. The number of hydrogen-bond acceptors (Lipinski definition) is 5. The van der Waals surface area contributed by atoms with Crippen LogP contribution in [0, 0.1) is 24.0 Å². The van der Waals surface area contributed by atoms with Gasteiger partial charge in [-0.3, -0.25) is 19.7 Å². The molecule has 1 N–H and O–H groups in total. The van der Waals surface area contributed by atoms with Crippen LogP contribution < -0.4 is 0 Å². The Hall–Kier alpha value is -2.48. The minimum atomic E-state index is -1.02. The fourth-order valence-electron chi connectivity index (χ4n) is 2.72. The van der Waals surface area contributed by atoms with Crippen molar-refractivity contribution in [3.63, 3.8) is 0 Å². The Labute approximate surface area is 132 Å². The molecule has 8 nitrogen and oxygen atoms in total. The second kappa shape index (κ2) is 6.74. The number of benzene rings is 1. The minimum Gasteiger partial charge on any atom is -0.481 e. The number of carboxylic acids is 1. The van der Waals surface area contributed by atoms with Gasteiger partial charge >= 0.3 is 5.97 Å². The van der Waals surface area contributed by atoms with Crippen LogP contribution in [0.4, 0.5) is 5.69 Å². The Morgan fingerprint density at radius 2 is 2.09 bits per heavy atom. The molecule has 0 aromatic heterocycles. The molecule has 23 heavy (non-hydrogen) atoms. The number of hydrogen-bond donors (Lipinski definition) is 1. The molecule has 1 aliphatic heterocycles. The summed E-state index contributed by atoms with van der Waals surface area (Å²) in [6.45, 7) is 4.04. The summed E-state index contributed by atoms with van der Waals surface area (Å²) in [7, 11) is 0. The highest BCUT2D eigenvalue weighted by molar-refractivity contribution is 5.97. The van der Waals surface area contributed by atoms with E-state index in [1.807, 2.05) is 0 Å². The molecule has 1 heterocycles. The normalized spacial score (nSPS) is 17.8. The number of nitro groups is 1. The smallest absolute Gasteiger partial charge is 0.305 e. The van der Waals surface area contributed by atoms with Crippen LogP contribution >= 0.6 is 0 Å². The van der Waals surface area contributed by atoms with E-state index in [2.05, 4.69) is 0 Å². The Kier molecular flexibility index (Phi) is 4.95. The first-order valence-corrected chi connectivity index (χ1v) is 7.17. The van der Waals surface area contributed by atoms with Gasteiger partial charge in [0.1, 0.15) is 0 Å². The number of morpholine rings is 1. The molecule has 0 radical (unpaired) electrons. The number of carboxylic acid groups (broad SMARTS) is 1. The molecule has 124 valence electrons. The zero-order valence-electron chi connectivity index (χ0n) is 12.9. The average Bonchev–Trinajstić information content (AvgIpc) is 2.46. The zero-order valence-corrected chi connectivity index (χ0v) is 12.9. The van der Waals surface area contributed by atoms with Gasteiger partial charge in [-0.05, 0) is 25.5 Å². The molecule has 1 aromatic carbocycles. The number of amides is 1. The fraction of sp³-hybridized carbons (Fsp3) is 0.467. The van der Waals surface area contributed by atoms with Gasteiger partial charge in [-0.1, -0.05) is 0 Å². The van der Waals surface area contributed by atoms with Crippen molar-refractivity contribution in [1.82, 2.24) is 4.90 Å². The quantitative estimate of drug-likeness (QED) is 0.665. The van der Waals surface area contributed by atoms with E-state index < -0.39 is 22.8 Å². The predicted molar refractivity (Wildman–Crippen MR) is 80.5 cm³/mol. The van der Waals surface area contributed by atoms with E-state index in [4.69, 9.17) is 9.84 Å². The lowest BCUT2D eigenvalue weighted by atomic mass is 10.0. The highest BCUT2D eigenvalue weighted by Gasteiger charge is 2.31. The number of carbonyl (C=O) groups is 2. The molecule has 0 saturated carbocycles. The van der Waals surface area contributed by atoms with Crippen LogP contribution in [0.15, 0.2) is 12.1 Å². The number of ether oxygens (including phenoxy) is 1. The number of carbonyl (C=O) groups excluding carboxylic acids is 1. The maximum absolute atomic E-state index is 12.8. The summed E-state index contributed by atoms with van der Waals surface area (Å²) in [5, 5.41) is 20.0. The van der Waals surface area contributed by atoms with E-state index in [9.17, 15) is 19.7 Å². The molecule has 0 aliphatic carbocycles. The van der Waals surface area contributed by atoms with Crippen LogP contribution in [0.2, 0.25) is 0 Å². The van der Waals surface area contributed by atoms with Gasteiger partial charge in [0.05, 0.1) is 30.6 Å². The summed E-state index contributed by atoms with van der Waals surface area (Å²) in [6, 6.07) is 2.28. The maximum atomic E-state index is 12.8. The lowest BCUT2D eigenvalue weighted by Crippen LogP contribution is -2.49. The van der Waals surface area contributed by atoms with Crippen LogP contribution in [0.3, 0.4) is 0 Å². The molecule has 1 atom stereocenters. The average molecular weight is 322 g/mol. The van der Waals surface area contributed by atoms with Gasteiger partial charge < -0.3 is 14.7 Å². The van der Waals surface area contributed by atoms with Crippen molar-refractivity contribution in [2.75, 3.05) is 19.8 Å². The molecule has 0 bridgehead atoms. The Morgan fingerprint density at radius 3 is 2.70 bits per heavy atom. The number of rotatable bonds is 4. The number of nitrogens with zero attached hydrogens (tertiary/aromatic N) is 2. The number of aliphatic carboxylic acids is 1. The predicted octanol–water partition coefficient (Wildman–Crippen LogP) is 1.53. The summed E-state index contributed by atoms with van der Waals surface area (Å²) in [6.07, 6.45) is -0.223. The Balaban J connectivity index is 2.36. The number of nitro benzene ring substituents is 1. The first kappa shape index (κ1) is 16.9. The molecule has 1 fully saturated rings. The molecular formula is C15H18N2O6. The fourth-order valence-corrected chi connectivity index (χ4v) is 2.72. The van der Waals surface area contributed by atoms with Crippen molar-refractivity contribution in [1.29, 1.82) is 0 Å². The van der Waals surface area contributed by atoms with Gasteiger partial charge in [-0.2, -0.15) is 0 Å². The van der Waals surface area contributed by atoms with Gasteiger partial charge in [0.25, 0.3) is 11.6 Å². The largest absolute Gasteiger partial charge is 0.481 e. The monoisotopic (exact) mass is 322 g/mol. The molecule has 1 aromatic rings. The second-order valence-corrected chi connectivity index (χ2v) is 5.54. The summed E-state index contributed by atoms with van der Waals surface area (Å²) in [5.41, 5.74) is 1.20. The zero-order chi connectivity index (χ0) is 17.1. The van der Waals surface area contributed by atoms with Gasteiger partial charge in [-0.25, -0.2) is 0 Å². The summed E-state index contributed by atoms with van der Waals surface area (Å²) in [4.78, 5) is 35.7. The molecule has 0 spiro atoms. The van der Waals surface area contributed by atoms with E-state index in [1.165, 1.54) is 11.0 Å². The van der Waals surface area contributed by atoms with E-state index in [0.29, 0.717) is 17.7 Å². The standard InChI is InChI=1S/C15H18N2O6/c1-9-5-10(2)13(17(21)22)7-12(9)15(20)16-3-4-23-8-11(16)6-14(18)19/h5,7,11H,3-4,6,8H2,1-2H3,(H,18,19). The van der Waals surface area contributed by atoms with Crippen molar-refractivity contribution < 1.29 is 24.4 Å². The number of aryl methyl sites for hydroxylation is 2. The highest BCUT2D eigenvalue weighted by atomic mass is 16.6. The van der Waals surface area contributed by atoms with Crippen molar-refractivity contribution in [3.8, 4) is 0 Å². The van der Waals surface area contributed by atoms with Crippen molar-refractivity contribution >= 4 is 17.6 Å². The highest BCUT2D eigenvalue weighted by Crippen LogP contribution is 2.25. The first-order valence-electron chi connectivity index (χ1n) is 7.17. The maximum Gasteiger partial charge on any atom is 0.305 e. The van der Waals surface area contributed by atoms with Crippen LogP contribution in [0.25, 0.3) is 0 Å². The lowest BCUT2D eigenvalue weighted by Gasteiger charge is -2.35. The van der Waals surface area contributed by atoms with Gasteiger partial charge in [0.15, 0.2) is 0 Å². The molecular weight excluding hydrogens is 304 g/mol.